The molecule has 0 aliphatic carbocycles. The van der Waals surface area contributed by atoms with Crippen LogP contribution in [0.15, 0.2) is 10.6 Å². The number of rotatable bonds is 6. The molecule has 1 aliphatic heterocycles. The van der Waals surface area contributed by atoms with Gasteiger partial charge in [-0.15, -0.1) is 0 Å². The Labute approximate surface area is 103 Å². The fourth-order valence-corrected chi connectivity index (χ4v) is 2.53. The summed E-state index contributed by atoms with van der Waals surface area (Å²) in [6.45, 7) is 8.24. The number of nitrogens with zero attached hydrogens (tertiary/aromatic N) is 2. The van der Waals surface area contributed by atoms with Crippen LogP contribution in [0.4, 0.5) is 0 Å². The second-order valence-corrected chi connectivity index (χ2v) is 4.74. The lowest BCUT2D eigenvalue weighted by atomic mass is 10.2. The van der Waals surface area contributed by atoms with Gasteiger partial charge >= 0.3 is 0 Å². The molecule has 0 saturated carbocycles. The van der Waals surface area contributed by atoms with Gasteiger partial charge in [-0.3, -0.25) is 4.90 Å². The lowest BCUT2D eigenvalue weighted by Gasteiger charge is -2.21. The highest BCUT2D eigenvalue weighted by atomic mass is 16.5. The maximum atomic E-state index is 5.38. The second-order valence-electron chi connectivity index (χ2n) is 4.74. The minimum absolute atomic E-state index is 0.734. The van der Waals surface area contributed by atoms with E-state index >= 15 is 0 Å². The first-order chi connectivity index (χ1) is 8.33. The molecule has 96 valence electrons. The average molecular weight is 237 g/mol. The molecular weight excluding hydrogens is 214 g/mol. The highest BCUT2D eigenvalue weighted by Gasteiger charge is 2.23. The molecule has 1 N–H and O–H groups in total. The molecule has 2 heterocycles. The van der Waals surface area contributed by atoms with Gasteiger partial charge in [-0.2, -0.15) is 0 Å². The van der Waals surface area contributed by atoms with E-state index in [9.17, 15) is 0 Å². The zero-order chi connectivity index (χ0) is 12.1. The number of hydrogen-bond donors (Lipinski definition) is 1. The summed E-state index contributed by atoms with van der Waals surface area (Å²) in [5.41, 5.74) is 1.01. The van der Waals surface area contributed by atoms with Crippen LogP contribution in [-0.2, 0) is 13.1 Å². The summed E-state index contributed by atoms with van der Waals surface area (Å²) >= 11 is 0. The Morgan fingerprint density at radius 2 is 2.41 bits per heavy atom. The third-order valence-corrected chi connectivity index (χ3v) is 3.49. The van der Waals surface area contributed by atoms with Gasteiger partial charge in [0.15, 0.2) is 5.76 Å². The van der Waals surface area contributed by atoms with Gasteiger partial charge < -0.3 is 9.84 Å². The molecule has 1 unspecified atom stereocenters. The first-order valence-electron chi connectivity index (χ1n) is 6.72. The van der Waals surface area contributed by atoms with Crippen molar-refractivity contribution in [3.05, 3.63) is 17.5 Å². The van der Waals surface area contributed by atoms with Crippen LogP contribution >= 0.6 is 0 Å². The Morgan fingerprint density at radius 3 is 3.18 bits per heavy atom. The van der Waals surface area contributed by atoms with Gasteiger partial charge in [0.2, 0.25) is 0 Å². The maximum Gasteiger partial charge on any atom is 0.151 e. The summed E-state index contributed by atoms with van der Waals surface area (Å²) in [5, 5.41) is 7.34. The fourth-order valence-electron chi connectivity index (χ4n) is 2.53. The Balaban J connectivity index is 1.87. The van der Waals surface area contributed by atoms with E-state index in [1.165, 1.54) is 25.8 Å². The quantitative estimate of drug-likeness (QED) is 0.823. The predicted molar refractivity (Wildman–Crippen MR) is 67.6 cm³/mol. The molecule has 1 aromatic heterocycles. The summed E-state index contributed by atoms with van der Waals surface area (Å²) in [6.07, 6.45) is 3.88. The van der Waals surface area contributed by atoms with Crippen LogP contribution in [0.3, 0.4) is 0 Å². The molecule has 4 heteroatoms. The van der Waals surface area contributed by atoms with E-state index in [1.807, 2.05) is 0 Å². The Kier molecular flexibility index (Phi) is 4.57. The van der Waals surface area contributed by atoms with Crippen molar-refractivity contribution in [1.82, 2.24) is 15.4 Å². The van der Waals surface area contributed by atoms with Crippen LogP contribution in [-0.4, -0.2) is 29.2 Å². The molecule has 1 aromatic rings. The van der Waals surface area contributed by atoms with Crippen molar-refractivity contribution in [1.29, 1.82) is 0 Å². The number of aromatic nitrogens is 1. The smallest absolute Gasteiger partial charge is 0.151 e. The van der Waals surface area contributed by atoms with Gasteiger partial charge in [0.1, 0.15) is 0 Å². The van der Waals surface area contributed by atoms with E-state index in [0.717, 1.165) is 37.1 Å². The SMILES string of the molecule is CCNCc1cc(CN2CCCC2CC)on1. The Morgan fingerprint density at radius 1 is 1.53 bits per heavy atom. The predicted octanol–water partition coefficient (Wildman–Crippen LogP) is 2.16. The van der Waals surface area contributed by atoms with Crippen LogP contribution in [0.1, 0.15) is 44.6 Å². The largest absolute Gasteiger partial charge is 0.360 e. The second kappa shape index (κ2) is 6.17. The normalized spacial score (nSPS) is 21.2. The van der Waals surface area contributed by atoms with Crippen LogP contribution in [0.25, 0.3) is 0 Å². The van der Waals surface area contributed by atoms with Crippen molar-refractivity contribution < 1.29 is 4.52 Å². The molecule has 4 nitrogen and oxygen atoms in total. The monoisotopic (exact) mass is 237 g/mol. The molecule has 1 atom stereocenters. The van der Waals surface area contributed by atoms with Gasteiger partial charge in [0.25, 0.3) is 0 Å². The molecule has 0 bridgehead atoms. The number of likely N-dealkylation sites (tertiary alicyclic amines) is 1. The molecule has 2 rings (SSSR count). The molecule has 0 radical (unpaired) electrons. The molecule has 0 aromatic carbocycles. The Hall–Kier alpha value is -0.870. The first kappa shape index (κ1) is 12.6. The number of nitrogens with one attached hydrogen (secondary N) is 1. The van der Waals surface area contributed by atoms with Crippen LogP contribution in [0.2, 0.25) is 0 Å². The van der Waals surface area contributed by atoms with Crippen molar-refractivity contribution in [3.63, 3.8) is 0 Å². The maximum absolute atomic E-state index is 5.38. The summed E-state index contributed by atoms with van der Waals surface area (Å²) in [5.74, 6) is 0.998. The third kappa shape index (κ3) is 3.30. The van der Waals surface area contributed by atoms with Crippen LogP contribution in [0.5, 0.6) is 0 Å². The lowest BCUT2D eigenvalue weighted by Crippen LogP contribution is -2.27. The van der Waals surface area contributed by atoms with Crippen molar-refractivity contribution >= 4 is 0 Å². The standard InChI is InChI=1S/C13H23N3O/c1-3-12-6-5-7-16(12)10-13-8-11(15-17-13)9-14-4-2/h8,12,14H,3-7,9-10H2,1-2H3. The Bertz CT molecular complexity index is 337. The average Bonchev–Trinajstić information content (AvgIpc) is 2.96. The molecule has 1 saturated heterocycles. The van der Waals surface area contributed by atoms with Gasteiger partial charge in [-0.1, -0.05) is 19.0 Å². The fraction of sp³-hybridized carbons (Fsp3) is 0.769. The van der Waals surface area contributed by atoms with Gasteiger partial charge in [-0.05, 0) is 32.4 Å². The van der Waals surface area contributed by atoms with Gasteiger partial charge in [0, 0.05) is 18.7 Å². The highest BCUT2D eigenvalue weighted by molar-refractivity contribution is 5.05. The van der Waals surface area contributed by atoms with Gasteiger partial charge in [0.05, 0.1) is 12.2 Å². The molecule has 0 spiro atoms. The zero-order valence-corrected chi connectivity index (χ0v) is 10.9. The third-order valence-electron chi connectivity index (χ3n) is 3.49. The van der Waals surface area contributed by atoms with E-state index in [0.29, 0.717) is 0 Å². The van der Waals surface area contributed by atoms with E-state index in [4.69, 9.17) is 4.52 Å². The summed E-state index contributed by atoms with van der Waals surface area (Å²) in [7, 11) is 0. The number of hydrogen-bond acceptors (Lipinski definition) is 4. The lowest BCUT2D eigenvalue weighted by molar-refractivity contribution is 0.211. The highest BCUT2D eigenvalue weighted by Crippen LogP contribution is 2.22. The minimum atomic E-state index is 0.734. The van der Waals surface area contributed by atoms with Crippen molar-refractivity contribution in [2.24, 2.45) is 0 Å². The van der Waals surface area contributed by atoms with Crippen LogP contribution in [0, 0.1) is 0 Å². The molecule has 17 heavy (non-hydrogen) atoms. The summed E-state index contributed by atoms with van der Waals surface area (Å²) in [4.78, 5) is 2.51. The van der Waals surface area contributed by atoms with E-state index in [2.05, 4.69) is 35.3 Å². The summed E-state index contributed by atoms with van der Waals surface area (Å²) in [6, 6.07) is 2.81. The molecule has 1 fully saturated rings. The molecular formula is C13H23N3O. The van der Waals surface area contributed by atoms with E-state index in [1.54, 1.807) is 0 Å². The van der Waals surface area contributed by atoms with Crippen molar-refractivity contribution in [2.45, 2.75) is 52.2 Å². The molecule has 1 aliphatic rings. The van der Waals surface area contributed by atoms with Crippen LogP contribution < -0.4 is 5.32 Å². The summed E-state index contributed by atoms with van der Waals surface area (Å²) < 4.78 is 5.38. The first-order valence-corrected chi connectivity index (χ1v) is 6.72. The minimum Gasteiger partial charge on any atom is -0.360 e. The zero-order valence-electron chi connectivity index (χ0n) is 10.9. The van der Waals surface area contributed by atoms with E-state index in [-0.39, 0.29) is 0 Å². The van der Waals surface area contributed by atoms with Gasteiger partial charge in [-0.25, -0.2) is 0 Å². The van der Waals surface area contributed by atoms with Crippen molar-refractivity contribution in [3.8, 4) is 0 Å². The van der Waals surface area contributed by atoms with Crippen molar-refractivity contribution in [2.75, 3.05) is 13.1 Å². The van der Waals surface area contributed by atoms with E-state index < -0.39 is 0 Å². The molecule has 0 amide bonds. The topological polar surface area (TPSA) is 41.3 Å².